The second-order valence-electron chi connectivity index (χ2n) is 6.27. The fraction of sp³-hybridized carbons (Fsp3) is 0.647. The van der Waals surface area contributed by atoms with E-state index in [2.05, 4.69) is 55.5 Å². The first-order valence-corrected chi connectivity index (χ1v) is 7.58. The number of nitrogens with one attached hydrogen (secondary N) is 1. The molecule has 1 saturated carbocycles. The van der Waals surface area contributed by atoms with Crippen molar-refractivity contribution in [2.45, 2.75) is 39.2 Å². The third-order valence-corrected chi connectivity index (χ3v) is 4.13. The van der Waals surface area contributed by atoms with Crippen molar-refractivity contribution in [3.63, 3.8) is 0 Å². The summed E-state index contributed by atoms with van der Waals surface area (Å²) in [5, 5.41) is 3.33. The molecular weight excluding hydrogens is 232 g/mol. The molecule has 0 saturated heterocycles. The van der Waals surface area contributed by atoms with E-state index in [4.69, 9.17) is 0 Å². The molecule has 1 fully saturated rings. The maximum atomic E-state index is 3.33. The maximum absolute atomic E-state index is 3.33. The molecule has 0 radical (unpaired) electrons. The highest BCUT2D eigenvalue weighted by Crippen LogP contribution is 2.45. The van der Waals surface area contributed by atoms with Gasteiger partial charge in [-0.3, -0.25) is 0 Å². The molecule has 0 aromatic heterocycles. The quantitative estimate of drug-likeness (QED) is 0.773. The second-order valence-corrected chi connectivity index (χ2v) is 6.27. The lowest BCUT2D eigenvalue weighted by atomic mass is 10.1. The van der Waals surface area contributed by atoms with Gasteiger partial charge in [0.1, 0.15) is 0 Å². The molecule has 2 nitrogen and oxygen atoms in total. The van der Waals surface area contributed by atoms with Crippen LogP contribution in [-0.4, -0.2) is 32.1 Å². The van der Waals surface area contributed by atoms with Gasteiger partial charge in [-0.15, -0.1) is 0 Å². The van der Waals surface area contributed by atoms with Gasteiger partial charge in [0.25, 0.3) is 0 Å². The summed E-state index contributed by atoms with van der Waals surface area (Å²) in [4.78, 5) is 2.47. The normalized spacial score (nSPS) is 16.8. The number of nitrogens with zero attached hydrogens (tertiary/aromatic N) is 1. The highest BCUT2D eigenvalue weighted by molar-refractivity contribution is 5.22. The van der Waals surface area contributed by atoms with Gasteiger partial charge in [-0.05, 0) is 49.9 Å². The van der Waals surface area contributed by atoms with Gasteiger partial charge >= 0.3 is 0 Å². The predicted octanol–water partition coefficient (Wildman–Crippen LogP) is 3.07. The molecule has 0 atom stereocenters. The minimum atomic E-state index is 0.561. The van der Waals surface area contributed by atoms with Crippen molar-refractivity contribution in [2.24, 2.45) is 5.41 Å². The van der Waals surface area contributed by atoms with Crippen LogP contribution in [0.3, 0.4) is 0 Å². The SMILES string of the molecule is CCCc1ccc(CN(C)CC2(CNC)CC2)cc1. The van der Waals surface area contributed by atoms with E-state index in [1.165, 1.54) is 43.4 Å². The van der Waals surface area contributed by atoms with Gasteiger partial charge in [-0.25, -0.2) is 0 Å². The molecule has 2 rings (SSSR count). The predicted molar refractivity (Wildman–Crippen MR) is 82.4 cm³/mol. The monoisotopic (exact) mass is 260 g/mol. The van der Waals surface area contributed by atoms with Crippen molar-refractivity contribution in [1.82, 2.24) is 10.2 Å². The summed E-state index contributed by atoms with van der Waals surface area (Å²) in [7, 11) is 4.31. The van der Waals surface area contributed by atoms with Crippen LogP contribution in [0.15, 0.2) is 24.3 Å². The van der Waals surface area contributed by atoms with Gasteiger partial charge < -0.3 is 10.2 Å². The zero-order valence-corrected chi connectivity index (χ0v) is 12.7. The molecule has 1 aliphatic rings. The van der Waals surface area contributed by atoms with Crippen molar-refractivity contribution in [1.29, 1.82) is 0 Å². The number of hydrogen-bond acceptors (Lipinski definition) is 2. The Kier molecular flexibility index (Phi) is 5.00. The van der Waals surface area contributed by atoms with Crippen LogP contribution in [0.1, 0.15) is 37.3 Å². The molecule has 1 aromatic carbocycles. The van der Waals surface area contributed by atoms with Crippen molar-refractivity contribution in [3.05, 3.63) is 35.4 Å². The lowest BCUT2D eigenvalue weighted by Crippen LogP contribution is -2.32. The Morgan fingerprint density at radius 2 is 1.79 bits per heavy atom. The number of hydrogen-bond donors (Lipinski definition) is 1. The van der Waals surface area contributed by atoms with Crippen LogP contribution in [0.4, 0.5) is 0 Å². The first kappa shape index (κ1) is 14.5. The van der Waals surface area contributed by atoms with Gasteiger partial charge in [0.2, 0.25) is 0 Å². The Labute approximate surface area is 118 Å². The van der Waals surface area contributed by atoms with Gasteiger partial charge in [0.05, 0.1) is 0 Å². The van der Waals surface area contributed by atoms with E-state index in [1.807, 2.05) is 0 Å². The van der Waals surface area contributed by atoms with Gasteiger partial charge in [0.15, 0.2) is 0 Å². The molecule has 1 N–H and O–H groups in total. The largest absolute Gasteiger partial charge is 0.319 e. The lowest BCUT2D eigenvalue weighted by Gasteiger charge is -2.23. The summed E-state index contributed by atoms with van der Waals surface area (Å²) in [6.45, 7) is 5.67. The highest BCUT2D eigenvalue weighted by Gasteiger charge is 2.42. The molecule has 19 heavy (non-hydrogen) atoms. The second kappa shape index (κ2) is 6.53. The topological polar surface area (TPSA) is 15.3 Å². The third-order valence-electron chi connectivity index (χ3n) is 4.13. The molecule has 0 aliphatic heterocycles. The zero-order chi connectivity index (χ0) is 13.7. The Balaban J connectivity index is 1.83. The molecule has 106 valence electrons. The Morgan fingerprint density at radius 1 is 1.16 bits per heavy atom. The van der Waals surface area contributed by atoms with Crippen LogP contribution < -0.4 is 5.32 Å². The highest BCUT2D eigenvalue weighted by atomic mass is 15.1. The number of aryl methyl sites for hydroxylation is 1. The van der Waals surface area contributed by atoms with E-state index < -0.39 is 0 Å². The Bertz CT molecular complexity index is 379. The molecule has 2 heteroatoms. The van der Waals surface area contributed by atoms with E-state index >= 15 is 0 Å². The average Bonchev–Trinajstić information content (AvgIpc) is 3.12. The minimum Gasteiger partial charge on any atom is -0.319 e. The smallest absolute Gasteiger partial charge is 0.0230 e. The van der Waals surface area contributed by atoms with Crippen LogP contribution in [0, 0.1) is 5.41 Å². The van der Waals surface area contributed by atoms with Crippen molar-refractivity contribution < 1.29 is 0 Å². The van der Waals surface area contributed by atoms with Crippen LogP contribution in [0.5, 0.6) is 0 Å². The van der Waals surface area contributed by atoms with Crippen molar-refractivity contribution in [3.8, 4) is 0 Å². The summed E-state index contributed by atoms with van der Waals surface area (Å²) in [5.41, 5.74) is 3.46. The fourth-order valence-corrected chi connectivity index (χ4v) is 2.98. The summed E-state index contributed by atoms with van der Waals surface area (Å²) < 4.78 is 0. The zero-order valence-electron chi connectivity index (χ0n) is 12.7. The summed E-state index contributed by atoms with van der Waals surface area (Å²) in [6.07, 6.45) is 5.19. The van der Waals surface area contributed by atoms with Gasteiger partial charge in [-0.2, -0.15) is 0 Å². The number of rotatable bonds is 8. The van der Waals surface area contributed by atoms with E-state index in [0.717, 1.165) is 13.1 Å². The minimum absolute atomic E-state index is 0.561. The first-order valence-electron chi connectivity index (χ1n) is 7.58. The van der Waals surface area contributed by atoms with E-state index in [-0.39, 0.29) is 0 Å². The van der Waals surface area contributed by atoms with Gasteiger partial charge in [0, 0.05) is 19.6 Å². The van der Waals surface area contributed by atoms with Crippen LogP contribution in [0.2, 0.25) is 0 Å². The van der Waals surface area contributed by atoms with E-state index in [9.17, 15) is 0 Å². The molecule has 0 amide bonds. The molecule has 0 spiro atoms. The average molecular weight is 260 g/mol. The molecule has 1 aromatic rings. The summed E-state index contributed by atoms with van der Waals surface area (Å²) >= 11 is 0. The standard InChI is InChI=1S/C17H28N2/c1-4-5-15-6-8-16(9-7-15)12-19(3)14-17(10-11-17)13-18-2/h6-9,18H,4-5,10-14H2,1-3H3. The van der Waals surface area contributed by atoms with Crippen molar-refractivity contribution in [2.75, 3.05) is 27.2 Å². The number of benzene rings is 1. The summed E-state index contributed by atoms with van der Waals surface area (Å²) in [6, 6.07) is 9.15. The maximum Gasteiger partial charge on any atom is 0.0230 e. The van der Waals surface area contributed by atoms with Crippen LogP contribution in [0.25, 0.3) is 0 Å². The molecule has 0 heterocycles. The van der Waals surface area contributed by atoms with Crippen molar-refractivity contribution >= 4 is 0 Å². The summed E-state index contributed by atoms with van der Waals surface area (Å²) in [5.74, 6) is 0. The van der Waals surface area contributed by atoms with E-state index in [1.54, 1.807) is 0 Å². The molecule has 1 aliphatic carbocycles. The van der Waals surface area contributed by atoms with Crippen LogP contribution in [-0.2, 0) is 13.0 Å². The third kappa shape index (κ3) is 4.32. The molecule has 0 unspecified atom stereocenters. The fourth-order valence-electron chi connectivity index (χ4n) is 2.98. The Hall–Kier alpha value is -0.860. The molecular formula is C17H28N2. The lowest BCUT2D eigenvalue weighted by molar-refractivity contribution is 0.252. The first-order chi connectivity index (χ1) is 9.17. The van der Waals surface area contributed by atoms with E-state index in [0.29, 0.717) is 5.41 Å². The van der Waals surface area contributed by atoms with Gasteiger partial charge in [-0.1, -0.05) is 37.6 Å². The molecule has 0 bridgehead atoms. The van der Waals surface area contributed by atoms with Crippen LogP contribution >= 0.6 is 0 Å². The Morgan fingerprint density at radius 3 is 2.32 bits per heavy atom.